The van der Waals surface area contributed by atoms with Crippen LogP contribution in [0.2, 0.25) is 0 Å². The van der Waals surface area contributed by atoms with Gasteiger partial charge in [-0.25, -0.2) is 0 Å². The zero-order valence-corrected chi connectivity index (χ0v) is 18.6. The molecular weight excluding hydrogens is 385 g/mol. The molecule has 1 aliphatic carbocycles. The molecule has 2 unspecified atom stereocenters. The smallest absolute Gasteiger partial charge is 0.222 e. The quantitative estimate of drug-likeness (QED) is 0.737. The fourth-order valence-corrected chi connectivity index (χ4v) is 4.98. The predicted molar refractivity (Wildman–Crippen MR) is 115 cm³/mol. The minimum atomic E-state index is 0. The van der Waals surface area contributed by atoms with Gasteiger partial charge < -0.3 is 15.4 Å². The number of rotatable bonds is 5. The van der Waals surface area contributed by atoms with Crippen LogP contribution in [0.3, 0.4) is 0 Å². The highest BCUT2D eigenvalue weighted by molar-refractivity contribution is 5.85. The second-order valence-corrected chi connectivity index (χ2v) is 8.69. The summed E-state index contributed by atoms with van der Waals surface area (Å²) in [6.07, 6.45) is 8.40. The number of ether oxygens (including phenoxy) is 1. The summed E-state index contributed by atoms with van der Waals surface area (Å²) in [4.78, 5) is 17.2. The van der Waals surface area contributed by atoms with Crippen LogP contribution in [0.25, 0.3) is 0 Å². The maximum absolute atomic E-state index is 12.5. The minimum absolute atomic E-state index is 0. The zero-order chi connectivity index (χ0) is 17.8. The normalized spacial score (nSPS) is 32.6. The van der Waals surface area contributed by atoms with Crippen molar-refractivity contribution >= 4 is 30.7 Å². The molecule has 7 heteroatoms. The van der Waals surface area contributed by atoms with Crippen molar-refractivity contribution in [3.05, 3.63) is 0 Å². The van der Waals surface area contributed by atoms with E-state index in [4.69, 9.17) is 10.5 Å². The van der Waals surface area contributed by atoms with Crippen LogP contribution in [0.15, 0.2) is 0 Å². The van der Waals surface area contributed by atoms with Crippen molar-refractivity contribution in [3.63, 3.8) is 0 Å². The van der Waals surface area contributed by atoms with Crippen molar-refractivity contribution in [1.29, 1.82) is 0 Å². The molecule has 0 bridgehead atoms. The SMILES string of the molecule is CC1CN(CCC2CCN(C(=O)C[C@@H]3CCC[C@H]3N)CC2)CC(C)O1.Cl.Cl. The van der Waals surface area contributed by atoms with Crippen LogP contribution in [0.5, 0.6) is 0 Å². The van der Waals surface area contributed by atoms with Gasteiger partial charge in [-0.2, -0.15) is 0 Å². The second-order valence-electron chi connectivity index (χ2n) is 8.69. The number of carbonyl (C=O) groups is 1. The van der Waals surface area contributed by atoms with Gasteiger partial charge in [0.05, 0.1) is 12.2 Å². The molecule has 4 atom stereocenters. The molecule has 2 saturated heterocycles. The van der Waals surface area contributed by atoms with Gasteiger partial charge in [-0.1, -0.05) is 6.42 Å². The van der Waals surface area contributed by atoms with Crippen LogP contribution in [0.1, 0.15) is 58.8 Å². The Balaban J connectivity index is 0.00000182. The van der Waals surface area contributed by atoms with Crippen LogP contribution >= 0.6 is 24.8 Å². The Morgan fingerprint density at radius 1 is 1.04 bits per heavy atom. The van der Waals surface area contributed by atoms with Gasteiger partial charge >= 0.3 is 0 Å². The van der Waals surface area contributed by atoms with E-state index in [0.29, 0.717) is 30.5 Å². The molecule has 3 aliphatic rings. The molecule has 2 aliphatic heterocycles. The highest BCUT2D eigenvalue weighted by atomic mass is 35.5. The zero-order valence-electron chi connectivity index (χ0n) is 17.0. The Kier molecular flexibility index (Phi) is 10.9. The van der Waals surface area contributed by atoms with Gasteiger partial charge in [-0.15, -0.1) is 24.8 Å². The van der Waals surface area contributed by atoms with Crippen LogP contribution in [0, 0.1) is 11.8 Å². The number of hydrogen-bond donors (Lipinski definition) is 1. The number of piperidine rings is 1. The minimum Gasteiger partial charge on any atom is -0.373 e. The van der Waals surface area contributed by atoms with Gasteiger partial charge in [0.25, 0.3) is 0 Å². The summed E-state index contributed by atoms with van der Waals surface area (Å²) in [6, 6.07) is 0.250. The van der Waals surface area contributed by atoms with Crippen LogP contribution in [-0.2, 0) is 9.53 Å². The second kappa shape index (κ2) is 11.8. The molecule has 0 radical (unpaired) electrons. The summed E-state index contributed by atoms with van der Waals surface area (Å²) in [5.41, 5.74) is 6.12. The number of nitrogens with zero attached hydrogens (tertiary/aromatic N) is 2. The van der Waals surface area contributed by atoms with E-state index in [-0.39, 0.29) is 30.9 Å². The first-order chi connectivity index (χ1) is 12.0. The number of halogens is 2. The fourth-order valence-electron chi connectivity index (χ4n) is 4.98. The molecule has 3 fully saturated rings. The Morgan fingerprint density at radius 2 is 1.67 bits per heavy atom. The number of hydrogen-bond acceptors (Lipinski definition) is 4. The van der Waals surface area contributed by atoms with E-state index in [9.17, 15) is 4.79 Å². The molecule has 0 aromatic rings. The molecule has 5 nitrogen and oxygen atoms in total. The van der Waals surface area contributed by atoms with Gasteiger partial charge in [0.2, 0.25) is 5.91 Å². The van der Waals surface area contributed by atoms with Crippen LogP contribution in [-0.4, -0.2) is 66.7 Å². The Labute approximate surface area is 177 Å². The maximum Gasteiger partial charge on any atom is 0.222 e. The van der Waals surface area contributed by atoms with Crippen molar-refractivity contribution in [2.75, 3.05) is 32.7 Å². The third-order valence-corrected chi connectivity index (χ3v) is 6.47. The maximum atomic E-state index is 12.5. The van der Waals surface area contributed by atoms with Crippen molar-refractivity contribution < 1.29 is 9.53 Å². The average molecular weight is 424 g/mol. The van der Waals surface area contributed by atoms with E-state index in [0.717, 1.165) is 57.8 Å². The predicted octanol–water partition coefficient (Wildman–Crippen LogP) is 3.09. The number of carbonyl (C=O) groups excluding carboxylic acids is 1. The molecule has 160 valence electrons. The van der Waals surface area contributed by atoms with E-state index in [1.807, 2.05) is 0 Å². The largest absolute Gasteiger partial charge is 0.373 e. The van der Waals surface area contributed by atoms with Gasteiger partial charge in [0, 0.05) is 38.6 Å². The lowest BCUT2D eigenvalue weighted by Gasteiger charge is -2.37. The van der Waals surface area contributed by atoms with Gasteiger partial charge in [0.1, 0.15) is 0 Å². The first-order valence-corrected chi connectivity index (χ1v) is 10.4. The number of amides is 1. The van der Waals surface area contributed by atoms with E-state index >= 15 is 0 Å². The molecule has 0 spiro atoms. The molecule has 1 amide bonds. The molecule has 2 N–H and O–H groups in total. The Morgan fingerprint density at radius 3 is 2.22 bits per heavy atom. The standard InChI is InChI=1S/C20H37N3O2.2ClH/c1-15-13-22(14-16(2)25-15)9-6-17-7-10-23(11-8-17)20(24)12-18-4-3-5-19(18)21;;/h15-19H,3-14,21H2,1-2H3;2*1H/t15?,16?,18-,19+;;/m0../s1. The summed E-state index contributed by atoms with van der Waals surface area (Å²) in [6.45, 7) is 9.52. The average Bonchev–Trinajstić information content (AvgIpc) is 2.97. The summed E-state index contributed by atoms with van der Waals surface area (Å²) in [5.74, 6) is 1.54. The fraction of sp³-hybridized carbons (Fsp3) is 0.950. The van der Waals surface area contributed by atoms with Gasteiger partial charge in [-0.3, -0.25) is 9.69 Å². The highest BCUT2D eigenvalue weighted by Crippen LogP contribution is 2.29. The molecule has 0 aromatic heterocycles. The lowest BCUT2D eigenvalue weighted by Crippen LogP contribution is -2.46. The van der Waals surface area contributed by atoms with Crippen LogP contribution < -0.4 is 5.73 Å². The van der Waals surface area contributed by atoms with Gasteiger partial charge in [0.15, 0.2) is 0 Å². The van der Waals surface area contributed by atoms with E-state index < -0.39 is 0 Å². The topological polar surface area (TPSA) is 58.8 Å². The third-order valence-electron chi connectivity index (χ3n) is 6.47. The Bertz CT molecular complexity index is 437. The first kappa shape index (κ1) is 25.0. The molecule has 27 heavy (non-hydrogen) atoms. The number of likely N-dealkylation sites (tertiary alicyclic amines) is 1. The molecule has 2 heterocycles. The first-order valence-electron chi connectivity index (χ1n) is 10.4. The number of nitrogens with two attached hydrogens (primary N) is 1. The third kappa shape index (κ3) is 7.36. The summed E-state index contributed by atoms with van der Waals surface area (Å²) >= 11 is 0. The molecule has 1 saturated carbocycles. The molecule has 3 rings (SSSR count). The monoisotopic (exact) mass is 423 g/mol. The van der Waals surface area contributed by atoms with Crippen molar-refractivity contribution in [2.24, 2.45) is 17.6 Å². The van der Waals surface area contributed by atoms with Crippen molar-refractivity contribution in [3.8, 4) is 0 Å². The number of morpholine rings is 1. The lowest BCUT2D eigenvalue weighted by atomic mass is 9.92. The molecule has 0 aromatic carbocycles. The van der Waals surface area contributed by atoms with E-state index in [2.05, 4.69) is 23.6 Å². The highest BCUT2D eigenvalue weighted by Gasteiger charge is 2.30. The summed E-state index contributed by atoms with van der Waals surface area (Å²) < 4.78 is 5.82. The van der Waals surface area contributed by atoms with Crippen molar-refractivity contribution in [2.45, 2.75) is 77.0 Å². The van der Waals surface area contributed by atoms with Crippen LogP contribution in [0.4, 0.5) is 0 Å². The van der Waals surface area contributed by atoms with Crippen molar-refractivity contribution in [1.82, 2.24) is 9.80 Å². The Hall–Kier alpha value is -0.0700. The van der Waals surface area contributed by atoms with E-state index in [1.54, 1.807) is 0 Å². The molecular formula is C20H39Cl2N3O2. The summed E-state index contributed by atoms with van der Waals surface area (Å²) in [7, 11) is 0. The van der Waals surface area contributed by atoms with E-state index in [1.165, 1.54) is 19.4 Å². The van der Waals surface area contributed by atoms with Gasteiger partial charge in [-0.05, 0) is 64.3 Å². The lowest BCUT2D eigenvalue weighted by molar-refractivity contribution is -0.133. The summed E-state index contributed by atoms with van der Waals surface area (Å²) in [5, 5.41) is 0.